The van der Waals surface area contributed by atoms with E-state index in [1.807, 2.05) is 0 Å². The van der Waals surface area contributed by atoms with Crippen LogP contribution in [0.25, 0.3) is 0 Å². The van der Waals surface area contributed by atoms with Crippen molar-refractivity contribution in [1.82, 2.24) is 5.32 Å². The van der Waals surface area contributed by atoms with Crippen molar-refractivity contribution in [3.05, 3.63) is 38.9 Å². The minimum Gasteiger partial charge on any atom is -0.310 e. The SMILES string of the molecule is O=[N+]([O-])c1c(Cl)cccc1[C@@H]1CCCN1. The molecule has 1 heterocycles. The number of hydrogen-bond acceptors (Lipinski definition) is 3. The Morgan fingerprint density at radius 1 is 1.53 bits per heavy atom. The molecule has 0 radical (unpaired) electrons. The van der Waals surface area contributed by atoms with Gasteiger partial charge in [-0.15, -0.1) is 0 Å². The van der Waals surface area contributed by atoms with E-state index in [0.717, 1.165) is 19.4 Å². The van der Waals surface area contributed by atoms with Gasteiger partial charge in [-0.25, -0.2) is 0 Å². The fourth-order valence-electron chi connectivity index (χ4n) is 1.96. The lowest BCUT2D eigenvalue weighted by Crippen LogP contribution is -2.14. The van der Waals surface area contributed by atoms with Crippen molar-refractivity contribution in [2.24, 2.45) is 0 Å². The highest BCUT2D eigenvalue weighted by Crippen LogP contribution is 2.35. The number of rotatable bonds is 2. The van der Waals surface area contributed by atoms with Crippen LogP contribution < -0.4 is 5.32 Å². The molecular formula is C10H11ClN2O2. The summed E-state index contributed by atoms with van der Waals surface area (Å²) in [7, 11) is 0. The molecule has 5 heteroatoms. The minimum atomic E-state index is -0.405. The van der Waals surface area contributed by atoms with Crippen molar-refractivity contribution in [2.45, 2.75) is 18.9 Å². The first kappa shape index (κ1) is 10.4. The van der Waals surface area contributed by atoms with Crippen LogP contribution in [0.2, 0.25) is 5.02 Å². The van der Waals surface area contributed by atoms with Gasteiger partial charge in [0.05, 0.1) is 4.92 Å². The van der Waals surface area contributed by atoms with Crippen LogP contribution >= 0.6 is 11.6 Å². The highest BCUT2D eigenvalue weighted by Gasteiger charge is 2.26. The second kappa shape index (κ2) is 4.16. The molecule has 1 fully saturated rings. The molecule has 0 unspecified atom stereocenters. The first-order chi connectivity index (χ1) is 7.20. The van der Waals surface area contributed by atoms with Crippen LogP contribution in [0.15, 0.2) is 18.2 Å². The molecule has 15 heavy (non-hydrogen) atoms. The van der Waals surface area contributed by atoms with Crippen LogP contribution in [-0.4, -0.2) is 11.5 Å². The molecule has 1 aliphatic heterocycles. The van der Waals surface area contributed by atoms with Gasteiger partial charge in [-0.05, 0) is 25.5 Å². The predicted molar refractivity (Wildman–Crippen MR) is 58.1 cm³/mol. The lowest BCUT2D eigenvalue weighted by Gasteiger charge is -2.11. The molecule has 0 saturated carbocycles. The smallest absolute Gasteiger partial charge is 0.292 e. The first-order valence-electron chi connectivity index (χ1n) is 4.86. The molecule has 80 valence electrons. The van der Waals surface area contributed by atoms with E-state index >= 15 is 0 Å². The third-order valence-electron chi connectivity index (χ3n) is 2.64. The zero-order valence-electron chi connectivity index (χ0n) is 8.07. The average Bonchev–Trinajstić information content (AvgIpc) is 2.69. The van der Waals surface area contributed by atoms with Crippen molar-refractivity contribution in [1.29, 1.82) is 0 Å². The number of nitrogens with one attached hydrogen (secondary N) is 1. The van der Waals surface area contributed by atoms with Gasteiger partial charge in [0.1, 0.15) is 5.02 Å². The van der Waals surface area contributed by atoms with Gasteiger partial charge < -0.3 is 5.32 Å². The molecule has 1 aromatic carbocycles. The fourth-order valence-corrected chi connectivity index (χ4v) is 2.21. The van der Waals surface area contributed by atoms with Crippen molar-refractivity contribution >= 4 is 17.3 Å². The Labute approximate surface area is 92.4 Å². The van der Waals surface area contributed by atoms with Gasteiger partial charge in [0.15, 0.2) is 0 Å². The van der Waals surface area contributed by atoms with Crippen molar-refractivity contribution < 1.29 is 4.92 Å². The molecule has 0 aliphatic carbocycles. The Balaban J connectivity index is 2.45. The second-order valence-electron chi connectivity index (χ2n) is 3.58. The summed E-state index contributed by atoms with van der Waals surface area (Å²) in [4.78, 5) is 10.5. The maximum Gasteiger partial charge on any atom is 0.292 e. The van der Waals surface area contributed by atoms with Crippen LogP contribution in [0.4, 0.5) is 5.69 Å². The number of hydrogen-bond donors (Lipinski definition) is 1. The van der Waals surface area contributed by atoms with Gasteiger partial charge in [-0.1, -0.05) is 23.7 Å². The van der Waals surface area contributed by atoms with E-state index in [2.05, 4.69) is 5.32 Å². The van der Waals surface area contributed by atoms with E-state index in [1.165, 1.54) is 0 Å². The van der Waals surface area contributed by atoms with E-state index in [1.54, 1.807) is 18.2 Å². The maximum atomic E-state index is 10.9. The van der Waals surface area contributed by atoms with E-state index in [-0.39, 0.29) is 16.8 Å². The van der Waals surface area contributed by atoms with E-state index in [9.17, 15) is 10.1 Å². The third kappa shape index (κ3) is 1.96. The van der Waals surface area contributed by atoms with Crippen LogP contribution in [0, 0.1) is 10.1 Å². The number of nitrogens with zero attached hydrogens (tertiary/aromatic N) is 1. The molecule has 1 aliphatic rings. The Bertz CT molecular complexity index is 389. The summed E-state index contributed by atoms with van der Waals surface area (Å²) < 4.78 is 0. The molecule has 4 nitrogen and oxygen atoms in total. The molecule has 0 spiro atoms. The Morgan fingerprint density at radius 3 is 2.93 bits per heavy atom. The lowest BCUT2D eigenvalue weighted by molar-refractivity contribution is -0.385. The normalized spacial score (nSPS) is 20.5. The first-order valence-corrected chi connectivity index (χ1v) is 5.24. The summed E-state index contributed by atoms with van der Waals surface area (Å²) >= 11 is 5.83. The van der Waals surface area contributed by atoms with E-state index < -0.39 is 4.92 Å². The summed E-state index contributed by atoms with van der Waals surface area (Å²) in [6.45, 7) is 0.911. The van der Waals surface area contributed by atoms with Gasteiger partial charge in [0, 0.05) is 11.6 Å². The summed E-state index contributed by atoms with van der Waals surface area (Å²) in [6.07, 6.45) is 1.98. The fraction of sp³-hybridized carbons (Fsp3) is 0.400. The summed E-state index contributed by atoms with van der Waals surface area (Å²) in [5.74, 6) is 0. The van der Waals surface area contributed by atoms with Crippen LogP contribution in [0.5, 0.6) is 0 Å². The van der Waals surface area contributed by atoms with E-state index in [4.69, 9.17) is 11.6 Å². The molecule has 1 aromatic rings. The molecule has 1 N–H and O–H groups in total. The summed E-state index contributed by atoms with van der Waals surface area (Å²) in [6, 6.07) is 5.15. The second-order valence-corrected chi connectivity index (χ2v) is 3.99. The van der Waals surface area contributed by atoms with Gasteiger partial charge in [-0.3, -0.25) is 10.1 Å². The monoisotopic (exact) mass is 226 g/mol. The van der Waals surface area contributed by atoms with Gasteiger partial charge >= 0.3 is 0 Å². The van der Waals surface area contributed by atoms with Crippen LogP contribution in [0.1, 0.15) is 24.4 Å². The van der Waals surface area contributed by atoms with Crippen molar-refractivity contribution in [3.63, 3.8) is 0 Å². The molecule has 1 atom stereocenters. The van der Waals surface area contributed by atoms with Crippen LogP contribution in [0.3, 0.4) is 0 Å². The molecule has 2 rings (SSSR count). The Kier molecular flexibility index (Phi) is 2.88. The molecule has 1 saturated heterocycles. The molecule has 0 amide bonds. The van der Waals surface area contributed by atoms with Gasteiger partial charge in [0.25, 0.3) is 5.69 Å². The minimum absolute atomic E-state index is 0.0403. The maximum absolute atomic E-state index is 10.9. The van der Waals surface area contributed by atoms with E-state index in [0.29, 0.717) is 5.56 Å². The predicted octanol–water partition coefficient (Wildman–Crippen LogP) is 2.67. The topological polar surface area (TPSA) is 55.2 Å². The molecular weight excluding hydrogens is 216 g/mol. The number of benzene rings is 1. The Hall–Kier alpha value is -1.13. The van der Waals surface area contributed by atoms with Crippen molar-refractivity contribution in [3.8, 4) is 0 Å². The largest absolute Gasteiger partial charge is 0.310 e. The number of para-hydroxylation sites is 1. The third-order valence-corrected chi connectivity index (χ3v) is 2.94. The van der Waals surface area contributed by atoms with Crippen LogP contribution in [-0.2, 0) is 0 Å². The standard InChI is InChI=1S/C10H11ClN2O2/c11-8-4-1-3-7(10(8)13(14)15)9-5-2-6-12-9/h1,3-4,9,12H,2,5-6H2/t9-/m0/s1. The quantitative estimate of drug-likeness (QED) is 0.623. The molecule has 0 bridgehead atoms. The number of halogens is 1. The Morgan fingerprint density at radius 2 is 2.33 bits per heavy atom. The lowest BCUT2D eigenvalue weighted by atomic mass is 10.0. The highest BCUT2D eigenvalue weighted by atomic mass is 35.5. The van der Waals surface area contributed by atoms with Gasteiger partial charge in [0.2, 0.25) is 0 Å². The zero-order chi connectivity index (χ0) is 10.8. The van der Waals surface area contributed by atoms with Crippen molar-refractivity contribution in [2.75, 3.05) is 6.54 Å². The van der Waals surface area contributed by atoms with Gasteiger partial charge in [-0.2, -0.15) is 0 Å². The number of nitro groups is 1. The summed E-state index contributed by atoms with van der Waals surface area (Å²) in [5.41, 5.74) is 0.739. The molecule has 0 aromatic heterocycles. The summed E-state index contributed by atoms with van der Waals surface area (Å²) in [5, 5.41) is 14.3. The zero-order valence-corrected chi connectivity index (χ0v) is 8.83. The number of nitro benzene ring substituents is 1. The highest BCUT2D eigenvalue weighted by molar-refractivity contribution is 6.32. The average molecular weight is 227 g/mol.